The molecule has 0 amide bonds. The molecule has 6 rings (SSSR count). The summed E-state index contributed by atoms with van der Waals surface area (Å²) in [6, 6.07) is 3.03. The third-order valence-corrected chi connectivity index (χ3v) is 9.61. The highest BCUT2D eigenvalue weighted by Crippen LogP contribution is 2.40. The van der Waals surface area contributed by atoms with Gasteiger partial charge >= 0.3 is 0 Å². The lowest BCUT2D eigenvalue weighted by molar-refractivity contribution is 0.0208. The minimum Gasteiger partial charge on any atom is -0.508 e. The first-order chi connectivity index (χ1) is 21.7. The Balaban J connectivity index is 1.16. The van der Waals surface area contributed by atoms with Crippen molar-refractivity contribution in [2.24, 2.45) is 0 Å². The van der Waals surface area contributed by atoms with Crippen molar-refractivity contribution in [2.75, 3.05) is 39.4 Å². The van der Waals surface area contributed by atoms with Gasteiger partial charge in [0.2, 0.25) is 0 Å². The van der Waals surface area contributed by atoms with Crippen LogP contribution in [-0.2, 0) is 11.2 Å². The molecule has 0 unspecified atom stereocenters. The van der Waals surface area contributed by atoms with Crippen LogP contribution in [0, 0.1) is 12.7 Å². The van der Waals surface area contributed by atoms with Gasteiger partial charge in [-0.25, -0.2) is 8.78 Å². The first-order valence-corrected chi connectivity index (χ1v) is 16.2. The number of aliphatic hydroxyl groups is 1. The molecule has 3 fully saturated rings. The van der Waals surface area contributed by atoms with Crippen LogP contribution in [0.1, 0.15) is 62.5 Å². The van der Waals surface area contributed by atoms with Crippen LogP contribution in [0.5, 0.6) is 11.8 Å². The summed E-state index contributed by atoms with van der Waals surface area (Å²) < 4.78 is 42.3. The number of hydrogen-bond acceptors (Lipinski definition) is 9. The SMILES string of the molecule is Cc1cc(O)cc(-c2ncc3c(=O)[nH]c(OC[C@@]45CCCN4C[C@H](F)C5)nc3c2F)c1CCCCCO[C@H]1CNCC[C@H](O)C1. The van der Waals surface area contributed by atoms with E-state index >= 15 is 4.39 Å². The number of pyridine rings is 1. The number of nitrogens with one attached hydrogen (secondary N) is 2. The number of halogens is 2. The topological polar surface area (TPSA) is 133 Å². The van der Waals surface area contributed by atoms with Crippen LogP contribution in [0.25, 0.3) is 22.2 Å². The molecule has 3 aliphatic rings. The summed E-state index contributed by atoms with van der Waals surface area (Å²) in [7, 11) is 0. The molecule has 2 aromatic heterocycles. The number of phenols is 1. The van der Waals surface area contributed by atoms with Gasteiger partial charge in [0.15, 0.2) is 5.82 Å². The van der Waals surface area contributed by atoms with Gasteiger partial charge in [0.05, 0.1) is 23.1 Å². The van der Waals surface area contributed by atoms with E-state index in [2.05, 4.69) is 25.2 Å². The minimum absolute atomic E-state index is 0.0000644. The summed E-state index contributed by atoms with van der Waals surface area (Å²) in [5.41, 5.74) is 0.936. The fourth-order valence-corrected chi connectivity index (χ4v) is 7.29. The third kappa shape index (κ3) is 6.98. The fraction of sp³-hybridized carbons (Fsp3) is 0.606. The first-order valence-electron chi connectivity index (χ1n) is 16.2. The Morgan fingerprint density at radius 2 is 2.11 bits per heavy atom. The quantitative estimate of drug-likeness (QED) is 0.234. The summed E-state index contributed by atoms with van der Waals surface area (Å²) in [5.74, 6) is -0.779. The molecule has 4 N–H and O–H groups in total. The highest BCUT2D eigenvalue weighted by atomic mass is 19.1. The number of alkyl halides is 1. The number of aromatic nitrogens is 3. The van der Waals surface area contributed by atoms with Gasteiger partial charge in [-0.1, -0.05) is 6.42 Å². The number of aryl methyl sites for hydroxylation is 1. The van der Waals surface area contributed by atoms with Gasteiger partial charge in [-0.3, -0.25) is 19.7 Å². The van der Waals surface area contributed by atoms with Crippen molar-refractivity contribution in [1.29, 1.82) is 0 Å². The number of unbranched alkanes of at least 4 members (excludes halogenated alkanes) is 2. The van der Waals surface area contributed by atoms with Gasteiger partial charge < -0.3 is 25.0 Å². The zero-order valence-electron chi connectivity index (χ0n) is 25.8. The van der Waals surface area contributed by atoms with Crippen LogP contribution in [-0.4, -0.2) is 93.4 Å². The molecular weight excluding hydrogens is 584 g/mol. The molecule has 244 valence electrons. The number of nitrogens with zero attached hydrogens (tertiary/aromatic N) is 3. The number of aliphatic hydroxyl groups excluding tert-OH is 1. The van der Waals surface area contributed by atoms with Gasteiger partial charge in [-0.05, 0) is 81.8 Å². The normalized spacial score (nSPS) is 25.5. The summed E-state index contributed by atoms with van der Waals surface area (Å²) in [6.07, 6.45) is 6.72. The van der Waals surface area contributed by atoms with Gasteiger partial charge in [0, 0.05) is 44.3 Å². The lowest BCUT2D eigenvalue weighted by atomic mass is 9.93. The fourth-order valence-electron chi connectivity index (χ4n) is 7.29. The zero-order chi connectivity index (χ0) is 31.6. The van der Waals surface area contributed by atoms with Crippen molar-refractivity contribution in [3.8, 4) is 23.0 Å². The van der Waals surface area contributed by atoms with Crippen molar-refractivity contribution in [3.05, 3.63) is 45.6 Å². The Kier molecular flexibility index (Phi) is 9.65. The Labute approximate surface area is 261 Å². The molecule has 45 heavy (non-hydrogen) atoms. The van der Waals surface area contributed by atoms with E-state index in [0.717, 1.165) is 69.3 Å². The highest BCUT2D eigenvalue weighted by Gasteiger charge is 2.49. The Morgan fingerprint density at radius 1 is 1.24 bits per heavy atom. The number of aromatic hydroxyl groups is 1. The number of benzene rings is 1. The monoisotopic (exact) mass is 627 g/mol. The van der Waals surface area contributed by atoms with E-state index in [1.807, 2.05) is 6.92 Å². The average molecular weight is 628 g/mol. The van der Waals surface area contributed by atoms with Crippen molar-refractivity contribution >= 4 is 10.9 Å². The standard InChI is InChI=1S/C33H43F2N5O5/c1-20-12-23(42)14-26(25(20)6-3-2-4-11-44-24-13-22(41)7-9-36-16-24)29-28(35)30-27(17-37-29)31(43)39-32(38-30)45-19-33-8-5-10-40(33)18-21(34)15-33/h12,14,17,21-22,24,36,41-42H,2-11,13,15-16,18-19H2,1H3,(H,38,39,43)/t21-,22+,24-,33+/m1/s1. The molecule has 0 radical (unpaired) electrons. The molecular formula is C33H43F2N5O5. The van der Waals surface area contributed by atoms with Crippen molar-refractivity contribution in [1.82, 2.24) is 25.2 Å². The second-order valence-electron chi connectivity index (χ2n) is 12.9. The van der Waals surface area contributed by atoms with Crippen LogP contribution in [0.15, 0.2) is 23.1 Å². The maximum absolute atomic E-state index is 16.2. The number of ether oxygens (including phenoxy) is 2. The molecule has 0 spiro atoms. The molecule has 3 aliphatic heterocycles. The van der Waals surface area contributed by atoms with E-state index in [0.29, 0.717) is 38.0 Å². The van der Waals surface area contributed by atoms with Crippen LogP contribution >= 0.6 is 0 Å². The minimum atomic E-state index is -0.921. The van der Waals surface area contributed by atoms with Crippen molar-refractivity contribution in [3.63, 3.8) is 0 Å². The molecule has 10 nitrogen and oxygen atoms in total. The van der Waals surface area contributed by atoms with E-state index in [1.165, 1.54) is 12.3 Å². The zero-order valence-corrected chi connectivity index (χ0v) is 25.8. The van der Waals surface area contributed by atoms with Crippen LogP contribution in [0.3, 0.4) is 0 Å². The lowest BCUT2D eigenvalue weighted by Crippen LogP contribution is -2.43. The number of H-pyrrole nitrogens is 1. The lowest BCUT2D eigenvalue weighted by Gasteiger charge is -2.30. The summed E-state index contributed by atoms with van der Waals surface area (Å²) in [5, 5.41) is 23.7. The Hall–Kier alpha value is -3.19. The van der Waals surface area contributed by atoms with E-state index in [-0.39, 0.29) is 47.2 Å². The van der Waals surface area contributed by atoms with Gasteiger partial charge in [0.25, 0.3) is 11.6 Å². The molecule has 4 atom stereocenters. The van der Waals surface area contributed by atoms with E-state index < -0.39 is 23.1 Å². The second-order valence-corrected chi connectivity index (χ2v) is 12.9. The predicted molar refractivity (Wildman–Crippen MR) is 166 cm³/mol. The molecule has 5 heterocycles. The molecule has 12 heteroatoms. The molecule has 3 saturated heterocycles. The molecule has 0 aliphatic carbocycles. The van der Waals surface area contributed by atoms with Gasteiger partial charge in [-0.2, -0.15) is 4.98 Å². The summed E-state index contributed by atoms with van der Waals surface area (Å²) >= 11 is 0. The number of rotatable bonds is 11. The van der Waals surface area contributed by atoms with E-state index in [9.17, 15) is 19.4 Å². The van der Waals surface area contributed by atoms with Crippen LogP contribution < -0.4 is 15.6 Å². The number of fused-ring (bicyclic) bond motifs is 2. The largest absolute Gasteiger partial charge is 0.508 e. The van der Waals surface area contributed by atoms with E-state index in [4.69, 9.17) is 9.47 Å². The van der Waals surface area contributed by atoms with Crippen LogP contribution in [0.4, 0.5) is 8.78 Å². The van der Waals surface area contributed by atoms with Crippen molar-refractivity contribution < 1.29 is 28.5 Å². The maximum atomic E-state index is 16.2. The predicted octanol–water partition coefficient (Wildman–Crippen LogP) is 3.94. The first kappa shape index (κ1) is 31.8. The Morgan fingerprint density at radius 3 is 2.98 bits per heavy atom. The van der Waals surface area contributed by atoms with Crippen molar-refractivity contribution in [2.45, 2.75) is 88.6 Å². The molecule has 1 aromatic carbocycles. The summed E-state index contributed by atoms with van der Waals surface area (Å²) in [6.45, 7) is 5.34. The number of hydrogen-bond donors (Lipinski definition) is 4. The Bertz CT molecular complexity index is 1570. The van der Waals surface area contributed by atoms with Gasteiger partial charge in [-0.15, -0.1) is 0 Å². The number of phenolic OH excluding ortho intramolecular Hbond substituents is 1. The molecule has 3 aromatic rings. The average Bonchev–Trinajstić information content (AvgIpc) is 3.43. The molecule has 0 bridgehead atoms. The third-order valence-electron chi connectivity index (χ3n) is 9.61. The maximum Gasteiger partial charge on any atom is 0.297 e. The smallest absolute Gasteiger partial charge is 0.297 e. The highest BCUT2D eigenvalue weighted by molar-refractivity contribution is 5.83. The van der Waals surface area contributed by atoms with Gasteiger partial charge in [0.1, 0.15) is 29.7 Å². The van der Waals surface area contributed by atoms with E-state index in [1.54, 1.807) is 6.07 Å². The second kappa shape index (κ2) is 13.7. The number of aromatic amines is 1. The molecule has 0 saturated carbocycles. The van der Waals surface area contributed by atoms with Crippen LogP contribution in [0.2, 0.25) is 0 Å². The summed E-state index contributed by atoms with van der Waals surface area (Å²) in [4.78, 5) is 26.2.